The lowest BCUT2D eigenvalue weighted by molar-refractivity contribution is -0.384. The molecule has 2 N–H and O–H groups in total. The Balaban J connectivity index is 2.36. The number of amidine groups is 1. The quantitative estimate of drug-likeness (QED) is 0.378. The van der Waals surface area contributed by atoms with Gasteiger partial charge in [0, 0.05) is 12.1 Å². The Morgan fingerprint density at radius 3 is 3.06 bits per heavy atom. The molecule has 0 bridgehead atoms. The second kappa shape index (κ2) is 4.75. The van der Waals surface area contributed by atoms with Crippen LogP contribution < -0.4 is 5.73 Å². The van der Waals surface area contributed by atoms with Gasteiger partial charge in [-0.15, -0.1) is 0 Å². The molecule has 0 spiro atoms. The second-order valence-corrected chi connectivity index (χ2v) is 4.69. The molecule has 1 aromatic carbocycles. The molecule has 6 heteroatoms. The molecule has 1 aliphatic rings. The zero-order valence-corrected chi connectivity index (χ0v) is 10.2. The van der Waals surface area contributed by atoms with Gasteiger partial charge in [-0.1, -0.05) is 17.8 Å². The third-order valence-electron chi connectivity index (χ3n) is 2.88. The summed E-state index contributed by atoms with van der Waals surface area (Å²) in [6.07, 6.45) is 3.64. The van der Waals surface area contributed by atoms with Crippen LogP contribution in [0.2, 0.25) is 0 Å². The van der Waals surface area contributed by atoms with Gasteiger partial charge in [0.2, 0.25) is 0 Å². The Morgan fingerprint density at radius 2 is 2.41 bits per heavy atom. The molecule has 1 aliphatic carbocycles. The van der Waals surface area contributed by atoms with Crippen LogP contribution >= 0.6 is 11.8 Å². The number of benzene rings is 1. The lowest BCUT2D eigenvalue weighted by Gasteiger charge is -2.06. The Kier molecular flexibility index (Phi) is 3.33. The van der Waals surface area contributed by atoms with Crippen molar-refractivity contribution in [2.45, 2.75) is 18.9 Å². The number of fused-ring (bicyclic) bond motifs is 1. The van der Waals surface area contributed by atoms with Gasteiger partial charge in [-0.05, 0) is 30.2 Å². The number of aliphatic imine (C=N–C) groups is 1. The van der Waals surface area contributed by atoms with E-state index in [-0.39, 0.29) is 16.7 Å². The van der Waals surface area contributed by atoms with Crippen LogP contribution in [0, 0.1) is 10.1 Å². The van der Waals surface area contributed by atoms with Crippen molar-refractivity contribution >= 4 is 22.6 Å². The van der Waals surface area contributed by atoms with Gasteiger partial charge >= 0.3 is 0 Å². The van der Waals surface area contributed by atoms with Gasteiger partial charge in [-0.3, -0.25) is 15.1 Å². The van der Waals surface area contributed by atoms with Crippen molar-refractivity contribution in [1.29, 1.82) is 0 Å². The van der Waals surface area contributed by atoms with Gasteiger partial charge in [-0.25, -0.2) is 0 Å². The van der Waals surface area contributed by atoms with Crippen molar-refractivity contribution in [1.82, 2.24) is 0 Å². The molecule has 0 radical (unpaired) electrons. The first-order valence-electron chi connectivity index (χ1n) is 5.26. The van der Waals surface area contributed by atoms with Gasteiger partial charge in [0.25, 0.3) is 5.69 Å². The largest absolute Gasteiger partial charge is 0.379 e. The third kappa shape index (κ3) is 2.41. The fourth-order valence-electron chi connectivity index (χ4n) is 2.02. The van der Waals surface area contributed by atoms with E-state index in [9.17, 15) is 10.1 Å². The number of hydrogen-bond donors (Lipinski definition) is 1. The molecule has 1 atom stereocenters. The number of hydrogen-bond acceptors (Lipinski definition) is 4. The minimum Gasteiger partial charge on any atom is -0.379 e. The molecule has 1 aromatic rings. The summed E-state index contributed by atoms with van der Waals surface area (Å²) in [7, 11) is 0. The molecule has 5 nitrogen and oxygen atoms in total. The fraction of sp³-hybridized carbons (Fsp3) is 0.364. The maximum atomic E-state index is 10.7. The number of nitro groups is 1. The summed E-state index contributed by atoms with van der Waals surface area (Å²) in [6.45, 7) is 0. The molecule has 0 aromatic heterocycles. The van der Waals surface area contributed by atoms with Crippen LogP contribution in [0.4, 0.5) is 5.69 Å². The zero-order chi connectivity index (χ0) is 12.4. The van der Waals surface area contributed by atoms with Gasteiger partial charge in [0.15, 0.2) is 5.17 Å². The van der Waals surface area contributed by atoms with E-state index in [1.165, 1.54) is 11.8 Å². The standard InChI is InChI=1S/C11H13N3O2S/c1-17-11(12)13-10-5-3-7-2-4-8(14(15)16)6-9(7)10/h2,4,6,10H,3,5H2,1H3,(H2,12,13). The molecule has 2 rings (SSSR count). The van der Waals surface area contributed by atoms with E-state index in [1.54, 1.807) is 12.1 Å². The Labute approximate surface area is 103 Å². The summed E-state index contributed by atoms with van der Waals surface area (Å²) in [6, 6.07) is 4.95. The first kappa shape index (κ1) is 11.9. The highest BCUT2D eigenvalue weighted by atomic mass is 32.2. The summed E-state index contributed by atoms with van der Waals surface area (Å²) < 4.78 is 0. The van der Waals surface area contributed by atoms with E-state index < -0.39 is 0 Å². The molecule has 0 aliphatic heterocycles. The summed E-state index contributed by atoms with van der Waals surface area (Å²) in [5.41, 5.74) is 7.88. The van der Waals surface area contributed by atoms with Crippen LogP contribution in [0.1, 0.15) is 23.6 Å². The van der Waals surface area contributed by atoms with E-state index in [0.29, 0.717) is 5.17 Å². The Bertz CT molecular complexity index is 488. The summed E-state index contributed by atoms with van der Waals surface area (Å²) in [5, 5.41) is 11.2. The number of non-ortho nitro benzene ring substituents is 1. The first-order valence-corrected chi connectivity index (χ1v) is 6.48. The van der Waals surface area contributed by atoms with Crippen molar-refractivity contribution < 1.29 is 4.92 Å². The molecule has 0 heterocycles. The van der Waals surface area contributed by atoms with E-state index in [4.69, 9.17) is 5.73 Å². The van der Waals surface area contributed by atoms with E-state index in [1.807, 2.05) is 12.3 Å². The minimum atomic E-state index is -0.378. The third-order valence-corrected chi connectivity index (χ3v) is 3.40. The van der Waals surface area contributed by atoms with Crippen molar-refractivity contribution in [3.05, 3.63) is 39.4 Å². The normalized spacial score (nSPS) is 19.1. The molecule has 0 saturated heterocycles. The second-order valence-electron chi connectivity index (χ2n) is 3.87. The monoisotopic (exact) mass is 251 g/mol. The topological polar surface area (TPSA) is 81.5 Å². The molecular formula is C11H13N3O2S. The number of nitrogens with zero attached hydrogens (tertiary/aromatic N) is 2. The van der Waals surface area contributed by atoms with Gasteiger partial charge in [-0.2, -0.15) is 0 Å². The lowest BCUT2D eigenvalue weighted by atomic mass is 10.1. The van der Waals surface area contributed by atoms with Crippen molar-refractivity contribution in [2.75, 3.05) is 6.26 Å². The lowest BCUT2D eigenvalue weighted by Crippen LogP contribution is -2.07. The molecule has 90 valence electrons. The van der Waals surface area contributed by atoms with Crippen LogP contribution in [-0.4, -0.2) is 16.3 Å². The summed E-state index contributed by atoms with van der Waals surface area (Å²) in [4.78, 5) is 14.7. The highest BCUT2D eigenvalue weighted by Gasteiger charge is 2.24. The number of nitrogens with two attached hydrogens (primary N) is 1. The molecule has 0 amide bonds. The predicted octanol–water partition coefficient (Wildman–Crippen LogP) is 2.26. The van der Waals surface area contributed by atoms with Crippen LogP contribution in [0.15, 0.2) is 23.2 Å². The molecule has 17 heavy (non-hydrogen) atoms. The van der Waals surface area contributed by atoms with Gasteiger partial charge < -0.3 is 5.73 Å². The predicted molar refractivity (Wildman–Crippen MR) is 69.3 cm³/mol. The number of nitro benzene ring substituents is 1. The minimum absolute atomic E-state index is 0.0302. The number of thioether (sulfide) groups is 1. The van der Waals surface area contributed by atoms with Gasteiger partial charge in [0.1, 0.15) is 0 Å². The first-order chi connectivity index (χ1) is 8.11. The molecular weight excluding hydrogens is 238 g/mol. The van der Waals surface area contributed by atoms with Crippen molar-refractivity contribution in [3.8, 4) is 0 Å². The maximum Gasteiger partial charge on any atom is 0.269 e. The van der Waals surface area contributed by atoms with E-state index >= 15 is 0 Å². The highest BCUT2D eigenvalue weighted by molar-refractivity contribution is 8.13. The zero-order valence-electron chi connectivity index (χ0n) is 9.42. The van der Waals surface area contributed by atoms with Crippen molar-refractivity contribution in [2.24, 2.45) is 10.7 Å². The molecule has 0 fully saturated rings. The average Bonchev–Trinajstić information content (AvgIpc) is 2.71. The Hall–Kier alpha value is -1.56. The highest BCUT2D eigenvalue weighted by Crippen LogP contribution is 2.36. The number of rotatable bonds is 2. The summed E-state index contributed by atoms with van der Waals surface area (Å²) in [5.74, 6) is 0. The Morgan fingerprint density at radius 1 is 1.65 bits per heavy atom. The van der Waals surface area contributed by atoms with Crippen LogP contribution in [-0.2, 0) is 6.42 Å². The van der Waals surface area contributed by atoms with Crippen LogP contribution in [0.5, 0.6) is 0 Å². The van der Waals surface area contributed by atoms with E-state index in [2.05, 4.69) is 4.99 Å². The smallest absolute Gasteiger partial charge is 0.269 e. The van der Waals surface area contributed by atoms with Crippen LogP contribution in [0.3, 0.4) is 0 Å². The van der Waals surface area contributed by atoms with Crippen molar-refractivity contribution in [3.63, 3.8) is 0 Å². The average molecular weight is 251 g/mol. The SMILES string of the molecule is CSC(N)=NC1CCc2ccc([N+](=O)[O-])cc21. The fourth-order valence-corrected chi connectivity index (χ4v) is 2.25. The summed E-state index contributed by atoms with van der Waals surface area (Å²) >= 11 is 1.39. The van der Waals surface area contributed by atoms with E-state index in [0.717, 1.165) is 24.0 Å². The van der Waals surface area contributed by atoms with Crippen LogP contribution in [0.25, 0.3) is 0 Å². The molecule has 0 saturated carbocycles. The van der Waals surface area contributed by atoms with Gasteiger partial charge in [0.05, 0.1) is 11.0 Å². The number of aryl methyl sites for hydroxylation is 1. The molecule has 1 unspecified atom stereocenters. The maximum absolute atomic E-state index is 10.7.